The SMILES string of the molecule is Cc1cccc(NC(=O)c2coc(CN3CCN(C[C@@H](O)COC(C)C)CC3)n2)c1. The van der Waals surface area contributed by atoms with Crippen molar-refractivity contribution in [2.24, 2.45) is 0 Å². The third-order valence-electron chi connectivity index (χ3n) is 4.97. The monoisotopic (exact) mass is 416 g/mol. The number of carbonyl (C=O) groups excluding carboxylic acids is 1. The van der Waals surface area contributed by atoms with Gasteiger partial charge in [-0.1, -0.05) is 12.1 Å². The van der Waals surface area contributed by atoms with Crippen LogP contribution < -0.4 is 5.32 Å². The van der Waals surface area contributed by atoms with Gasteiger partial charge >= 0.3 is 0 Å². The number of rotatable bonds is 9. The molecule has 0 bridgehead atoms. The Labute approximate surface area is 177 Å². The van der Waals surface area contributed by atoms with E-state index in [4.69, 9.17) is 9.15 Å². The van der Waals surface area contributed by atoms with Crippen LogP contribution in [0.2, 0.25) is 0 Å². The van der Waals surface area contributed by atoms with Crippen LogP contribution in [0.1, 0.15) is 35.8 Å². The van der Waals surface area contributed by atoms with Gasteiger partial charge in [0, 0.05) is 38.4 Å². The topological polar surface area (TPSA) is 91.1 Å². The van der Waals surface area contributed by atoms with Gasteiger partial charge in [-0.25, -0.2) is 4.98 Å². The molecule has 1 amide bonds. The maximum absolute atomic E-state index is 12.4. The number of oxazole rings is 1. The van der Waals surface area contributed by atoms with E-state index in [2.05, 4.69) is 20.1 Å². The van der Waals surface area contributed by atoms with E-state index in [9.17, 15) is 9.90 Å². The number of hydrogen-bond donors (Lipinski definition) is 2. The lowest BCUT2D eigenvalue weighted by Crippen LogP contribution is -2.48. The Bertz CT molecular complexity index is 815. The number of ether oxygens (including phenoxy) is 1. The Morgan fingerprint density at radius 3 is 2.70 bits per heavy atom. The molecule has 0 spiro atoms. The first kappa shape index (κ1) is 22.4. The van der Waals surface area contributed by atoms with Crippen molar-refractivity contribution < 1.29 is 19.1 Å². The normalized spacial score (nSPS) is 16.7. The third kappa shape index (κ3) is 6.91. The molecule has 0 aliphatic carbocycles. The van der Waals surface area contributed by atoms with E-state index in [0.29, 0.717) is 25.6 Å². The summed E-state index contributed by atoms with van der Waals surface area (Å²) in [6, 6.07) is 7.63. The number of nitrogens with zero attached hydrogens (tertiary/aromatic N) is 3. The number of anilines is 1. The van der Waals surface area contributed by atoms with Crippen molar-refractivity contribution in [3.05, 3.63) is 47.7 Å². The van der Waals surface area contributed by atoms with Gasteiger partial charge in [0.05, 0.1) is 25.4 Å². The molecule has 30 heavy (non-hydrogen) atoms. The molecule has 2 heterocycles. The number of aliphatic hydroxyl groups excluding tert-OH is 1. The highest BCUT2D eigenvalue weighted by atomic mass is 16.5. The molecular weight excluding hydrogens is 384 g/mol. The summed E-state index contributed by atoms with van der Waals surface area (Å²) in [6.45, 7) is 10.9. The van der Waals surface area contributed by atoms with Gasteiger partial charge in [-0.3, -0.25) is 14.6 Å². The third-order valence-corrected chi connectivity index (χ3v) is 4.97. The van der Waals surface area contributed by atoms with Crippen molar-refractivity contribution in [2.45, 2.75) is 39.5 Å². The van der Waals surface area contributed by atoms with Crippen LogP contribution in [0.4, 0.5) is 5.69 Å². The van der Waals surface area contributed by atoms with Crippen molar-refractivity contribution in [3.8, 4) is 0 Å². The Hall–Kier alpha value is -2.26. The average Bonchev–Trinajstić information content (AvgIpc) is 3.17. The lowest BCUT2D eigenvalue weighted by molar-refractivity contribution is -0.0151. The van der Waals surface area contributed by atoms with Crippen molar-refractivity contribution in [1.29, 1.82) is 0 Å². The minimum Gasteiger partial charge on any atom is -0.447 e. The highest BCUT2D eigenvalue weighted by Crippen LogP contribution is 2.13. The molecule has 0 radical (unpaired) electrons. The van der Waals surface area contributed by atoms with Gasteiger partial charge < -0.3 is 19.6 Å². The van der Waals surface area contributed by atoms with Crippen LogP contribution in [-0.4, -0.2) is 77.3 Å². The lowest BCUT2D eigenvalue weighted by Gasteiger charge is -2.35. The molecule has 1 fully saturated rings. The van der Waals surface area contributed by atoms with Gasteiger partial charge in [0.1, 0.15) is 6.26 Å². The highest BCUT2D eigenvalue weighted by Gasteiger charge is 2.21. The molecule has 3 rings (SSSR count). The number of piperazine rings is 1. The first-order valence-corrected chi connectivity index (χ1v) is 10.5. The molecule has 1 saturated heterocycles. The first-order chi connectivity index (χ1) is 14.4. The zero-order chi connectivity index (χ0) is 21.5. The van der Waals surface area contributed by atoms with Gasteiger partial charge in [0.15, 0.2) is 5.69 Å². The van der Waals surface area contributed by atoms with Crippen LogP contribution in [0, 0.1) is 6.92 Å². The number of aliphatic hydroxyl groups is 1. The summed E-state index contributed by atoms with van der Waals surface area (Å²) in [4.78, 5) is 21.2. The molecule has 1 aliphatic heterocycles. The van der Waals surface area contributed by atoms with Gasteiger partial charge in [-0.15, -0.1) is 0 Å². The maximum Gasteiger partial charge on any atom is 0.277 e. The summed E-state index contributed by atoms with van der Waals surface area (Å²) in [6.07, 6.45) is 1.06. The molecule has 2 N–H and O–H groups in total. The fourth-order valence-corrected chi connectivity index (χ4v) is 3.38. The predicted octanol–water partition coefficient (Wildman–Crippen LogP) is 2.14. The quantitative estimate of drug-likeness (QED) is 0.647. The summed E-state index contributed by atoms with van der Waals surface area (Å²) in [5.74, 6) is 0.251. The summed E-state index contributed by atoms with van der Waals surface area (Å²) in [5, 5.41) is 12.9. The summed E-state index contributed by atoms with van der Waals surface area (Å²) in [7, 11) is 0. The number of β-amino-alcohol motifs (C(OH)–C–C–N with tert-alkyl or cyclic N) is 1. The number of amides is 1. The number of carbonyl (C=O) groups is 1. The molecule has 1 aliphatic rings. The number of hydrogen-bond acceptors (Lipinski definition) is 7. The molecule has 8 nitrogen and oxygen atoms in total. The number of nitrogens with one attached hydrogen (secondary N) is 1. The van der Waals surface area contributed by atoms with Crippen LogP contribution in [-0.2, 0) is 11.3 Å². The summed E-state index contributed by atoms with van der Waals surface area (Å²) < 4.78 is 11.0. The second-order valence-corrected chi connectivity index (χ2v) is 8.06. The maximum atomic E-state index is 12.4. The van der Waals surface area contributed by atoms with Crippen molar-refractivity contribution in [1.82, 2.24) is 14.8 Å². The van der Waals surface area contributed by atoms with Crippen molar-refractivity contribution in [2.75, 3.05) is 44.6 Å². The lowest BCUT2D eigenvalue weighted by atomic mass is 10.2. The fourth-order valence-electron chi connectivity index (χ4n) is 3.38. The van der Waals surface area contributed by atoms with Crippen molar-refractivity contribution in [3.63, 3.8) is 0 Å². The zero-order valence-electron chi connectivity index (χ0n) is 18.0. The molecule has 8 heteroatoms. The Morgan fingerprint density at radius 2 is 2.00 bits per heavy atom. The second-order valence-electron chi connectivity index (χ2n) is 8.06. The predicted molar refractivity (Wildman–Crippen MR) is 114 cm³/mol. The minimum atomic E-state index is -0.472. The van der Waals surface area contributed by atoms with Crippen LogP contribution in [0.25, 0.3) is 0 Å². The Morgan fingerprint density at radius 1 is 1.27 bits per heavy atom. The van der Waals surface area contributed by atoms with E-state index in [1.807, 2.05) is 45.0 Å². The van der Waals surface area contributed by atoms with Crippen LogP contribution >= 0.6 is 0 Å². The van der Waals surface area contributed by atoms with E-state index in [1.165, 1.54) is 6.26 Å². The van der Waals surface area contributed by atoms with E-state index in [-0.39, 0.29) is 17.7 Å². The van der Waals surface area contributed by atoms with Gasteiger partial charge in [0.2, 0.25) is 5.89 Å². The molecule has 0 unspecified atom stereocenters. The van der Waals surface area contributed by atoms with Crippen LogP contribution in [0.3, 0.4) is 0 Å². The van der Waals surface area contributed by atoms with Gasteiger partial charge in [-0.05, 0) is 38.5 Å². The molecule has 164 valence electrons. The van der Waals surface area contributed by atoms with Gasteiger partial charge in [0.25, 0.3) is 5.91 Å². The fraction of sp³-hybridized carbons (Fsp3) is 0.545. The highest BCUT2D eigenvalue weighted by molar-refractivity contribution is 6.02. The molecule has 0 saturated carbocycles. The molecule has 2 aromatic rings. The Kier molecular flexibility index (Phi) is 7.98. The van der Waals surface area contributed by atoms with Crippen molar-refractivity contribution >= 4 is 11.6 Å². The largest absolute Gasteiger partial charge is 0.447 e. The summed E-state index contributed by atoms with van der Waals surface area (Å²) in [5.41, 5.74) is 2.09. The van der Waals surface area contributed by atoms with Crippen LogP contribution in [0.15, 0.2) is 34.9 Å². The summed E-state index contributed by atoms with van der Waals surface area (Å²) >= 11 is 0. The Balaban J connectivity index is 1.42. The average molecular weight is 417 g/mol. The number of aryl methyl sites for hydroxylation is 1. The van der Waals surface area contributed by atoms with E-state index in [1.54, 1.807) is 0 Å². The zero-order valence-corrected chi connectivity index (χ0v) is 18.0. The molecule has 1 aromatic heterocycles. The standard InChI is InChI=1S/C22H32N4O4/c1-16(2)29-14-19(27)12-25-7-9-26(10-8-25)13-21-24-20(15-30-21)22(28)23-18-6-4-5-17(3)11-18/h4-6,11,15-16,19,27H,7-10,12-14H2,1-3H3,(H,23,28)/t19-/m1/s1. The molecule has 1 aromatic carbocycles. The van der Waals surface area contributed by atoms with Gasteiger partial charge in [-0.2, -0.15) is 0 Å². The number of benzene rings is 1. The first-order valence-electron chi connectivity index (χ1n) is 10.5. The smallest absolute Gasteiger partial charge is 0.277 e. The number of aromatic nitrogens is 1. The van der Waals surface area contributed by atoms with Crippen LogP contribution in [0.5, 0.6) is 0 Å². The molecular formula is C22H32N4O4. The van der Waals surface area contributed by atoms with E-state index in [0.717, 1.165) is 37.4 Å². The second kappa shape index (κ2) is 10.7. The van der Waals surface area contributed by atoms with E-state index >= 15 is 0 Å². The minimum absolute atomic E-state index is 0.126. The molecule has 1 atom stereocenters. The van der Waals surface area contributed by atoms with E-state index < -0.39 is 6.10 Å².